The second-order valence-electron chi connectivity index (χ2n) is 5.94. The number of nitrogens with zero attached hydrogens (tertiary/aromatic N) is 2. The smallest absolute Gasteiger partial charge is 0.335 e. The lowest BCUT2D eigenvalue weighted by atomic mass is 10.2. The zero-order valence-electron chi connectivity index (χ0n) is 14.4. The average molecular weight is 383 g/mol. The number of nitrogens with one attached hydrogen (secondary N) is 1. The summed E-state index contributed by atoms with van der Waals surface area (Å²) in [6, 6.07) is 10.7. The molecular weight excluding hydrogens is 369 g/mol. The summed E-state index contributed by atoms with van der Waals surface area (Å²) in [5, 5.41) is 10.4. The first-order valence-corrected chi connectivity index (χ1v) is 8.26. The number of benzene rings is 2. The van der Waals surface area contributed by atoms with Crippen LogP contribution in [0, 0.1) is 5.82 Å². The van der Waals surface area contributed by atoms with E-state index in [1.807, 2.05) is 0 Å². The third-order valence-corrected chi connectivity index (χ3v) is 4.15. The van der Waals surface area contributed by atoms with Gasteiger partial charge in [-0.1, -0.05) is 18.2 Å². The zero-order valence-corrected chi connectivity index (χ0v) is 14.4. The molecule has 0 bridgehead atoms. The summed E-state index contributed by atoms with van der Waals surface area (Å²) in [6.45, 7) is 0.344. The number of fused-ring (bicyclic) bond motifs is 1. The number of aromatic hydroxyl groups is 1. The third kappa shape index (κ3) is 3.13. The van der Waals surface area contributed by atoms with Crippen LogP contribution in [0.2, 0.25) is 0 Å². The summed E-state index contributed by atoms with van der Waals surface area (Å²) in [5.74, 6) is -0.191. The standard InChI is InChI=1S/C19H14FN3O5/c20-13-3-1-2-4-14(13)23-18(25)12(17(24)22-19(23)26)9-21-8-11-5-6-15-16(7-11)28-10-27-15/h1-7,9,25H,8,10H2,(H,22,24,26). The highest BCUT2D eigenvalue weighted by atomic mass is 19.1. The molecule has 142 valence electrons. The third-order valence-electron chi connectivity index (χ3n) is 4.15. The second-order valence-corrected chi connectivity index (χ2v) is 5.94. The molecule has 1 aromatic heterocycles. The molecule has 28 heavy (non-hydrogen) atoms. The van der Waals surface area contributed by atoms with Crippen LogP contribution in [0.4, 0.5) is 4.39 Å². The largest absolute Gasteiger partial charge is 0.493 e. The molecule has 2 heterocycles. The molecule has 0 saturated heterocycles. The Kier molecular flexibility index (Phi) is 4.40. The minimum absolute atomic E-state index is 0.156. The molecule has 1 aliphatic heterocycles. The van der Waals surface area contributed by atoms with Gasteiger partial charge in [-0.15, -0.1) is 0 Å². The highest BCUT2D eigenvalue weighted by Crippen LogP contribution is 2.32. The van der Waals surface area contributed by atoms with Gasteiger partial charge in [-0.2, -0.15) is 0 Å². The topological polar surface area (TPSA) is 106 Å². The number of aromatic nitrogens is 2. The second kappa shape index (κ2) is 7.03. The lowest BCUT2D eigenvalue weighted by molar-refractivity contribution is 0.174. The Morgan fingerprint density at radius 2 is 1.96 bits per heavy atom. The first-order chi connectivity index (χ1) is 13.5. The van der Waals surface area contributed by atoms with Crippen LogP contribution in [0.5, 0.6) is 17.4 Å². The Balaban J connectivity index is 1.67. The van der Waals surface area contributed by atoms with Crippen LogP contribution < -0.4 is 20.7 Å². The minimum Gasteiger partial charge on any atom is -0.493 e. The van der Waals surface area contributed by atoms with Gasteiger partial charge in [-0.3, -0.25) is 14.8 Å². The number of hydrogen-bond donors (Lipinski definition) is 2. The van der Waals surface area contributed by atoms with E-state index >= 15 is 0 Å². The van der Waals surface area contributed by atoms with Gasteiger partial charge >= 0.3 is 5.69 Å². The van der Waals surface area contributed by atoms with Crippen LogP contribution in [0.15, 0.2) is 57.0 Å². The Hall–Kier alpha value is -3.88. The number of halogens is 1. The molecule has 8 nitrogen and oxygen atoms in total. The van der Waals surface area contributed by atoms with Crippen molar-refractivity contribution >= 4 is 6.21 Å². The summed E-state index contributed by atoms with van der Waals surface area (Å²) < 4.78 is 25.2. The maximum atomic E-state index is 14.0. The van der Waals surface area contributed by atoms with Gasteiger partial charge in [0, 0.05) is 6.21 Å². The molecule has 0 fully saturated rings. The van der Waals surface area contributed by atoms with Gasteiger partial charge in [-0.25, -0.2) is 13.8 Å². The van der Waals surface area contributed by atoms with Crippen molar-refractivity contribution in [1.29, 1.82) is 0 Å². The number of aliphatic imine (C=N–C) groups is 1. The summed E-state index contributed by atoms with van der Waals surface area (Å²) in [4.78, 5) is 30.3. The zero-order chi connectivity index (χ0) is 19.7. The molecule has 0 aliphatic carbocycles. The molecule has 0 amide bonds. The fourth-order valence-electron chi connectivity index (χ4n) is 2.79. The molecule has 0 spiro atoms. The SMILES string of the molecule is O=c1[nH]c(=O)n(-c2ccccc2F)c(O)c1C=NCc1ccc2c(c1)OCO2. The first-order valence-electron chi connectivity index (χ1n) is 8.26. The molecule has 1 aliphatic rings. The van der Waals surface area contributed by atoms with Crippen molar-refractivity contribution in [3.05, 3.63) is 80.2 Å². The van der Waals surface area contributed by atoms with Crippen molar-refractivity contribution in [2.24, 2.45) is 4.99 Å². The van der Waals surface area contributed by atoms with E-state index in [0.717, 1.165) is 17.8 Å². The normalized spacial score (nSPS) is 12.6. The fraction of sp³-hybridized carbons (Fsp3) is 0.105. The molecule has 0 unspecified atom stereocenters. The van der Waals surface area contributed by atoms with Gasteiger partial charge < -0.3 is 14.6 Å². The molecule has 0 saturated carbocycles. The van der Waals surface area contributed by atoms with Gasteiger partial charge in [0.2, 0.25) is 12.7 Å². The lowest BCUT2D eigenvalue weighted by Gasteiger charge is -2.10. The Labute approximate surface area is 157 Å². The van der Waals surface area contributed by atoms with Crippen LogP contribution in [-0.2, 0) is 6.54 Å². The van der Waals surface area contributed by atoms with Gasteiger partial charge in [-0.05, 0) is 29.8 Å². The van der Waals surface area contributed by atoms with Crippen LogP contribution in [0.3, 0.4) is 0 Å². The number of aromatic amines is 1. The predicted octanol–water partition coefficient (Wildman–Crippen LogP) is 1.72. The van der Waals surface area contributed by atoms with Gasteiger partial charge in [0.25, 0.3) is 5.56 Å². The van der Waals surface area contributed by atoms with Crippen LogP contribution in [-0.4, -0.2) is 27.7 Å². The van der Waals surface area contributed by atoms with E-state index in [2.05, 4.69) is 9.98 Å². The first kappa shape index (κ1) is 17.5. The van der Waals surface area contributed by atoms with Gasteiger partial charge in [0.15, 0.2) is 11.5 Å². The quantitative estimate of drug-likeness (QED) is 0.668. The number of rotatable bonds is 4. The van der Waals surface area contributed by atoms with Gasteiger partial charge in [0.05, 0.1) is 12.2 Å². The summed E-state index contributed by atoms with van der Waals surface area (Å²) in [7, 11) is 0. The highest BCUT2D eigenvalue weighted by molar-refractivity contribution is 5.82. The van der Waals surface area contributed by atoms with E-state index in [1.165, 1.54) is 18.2 Å². The number of H-pyrrole nitrogens is 1. The molecule has 4 rings (SSSR count). The van der Waals surface area contributed by atoms with Crippen LogP contribution in [0.1, 0.15) is 11.1 Å². The maximum Gasteiger partial charge on any atom is 0.335 e. The van der Waals surface area contributed by atoms with Gasteiger partial charge in [0.1, 0.15) is 11.4 Å². The van der Waals surface area contributed by atoms with E-state index in [-0.39, 0.29) is 24.6 Å². The highest BCUT2D eigenvalue weighted by Gasteiger charge is 2.17. The monoisotopic (exact) mass is 383 g/mol. The molecule has 9 heteroatoms. The van der Waals surface area contributed by atoms with Crippen molar-refractivity contribution < 1.29 is 19.0 Å². The molecular formula is C19H14FN3O5. The number of para-hydroxylation sites is 1. The maximum absolute atomic E-state index is 14.0. The van der Waals surface area contributed by atoms with E-state index in [9.17, 15) is 19.1 Å². The Morgan fingerprint density at radius 3 is 2.79 bits per heavy atom. The molecule has 3 aromatic rings. The average Bonchev–Trinajstić information content (AvgIpc) is 3.13. The summed E-state index contributed by atoms with van der Waals surface area (Å²) >= 11 is 0. The fourth-order valence-corrected chi connectivity index (χ4v) is 2.79. The van der Waals surface area contributed by atoms with Crippen LogP contribution in [0.25, 0.3) is 5.69 Å². The molecule has 2 N–H and O–H groups in total. The van der Waals surface area contributed by atoms with Crippen molar-refractivity contribution in [3.8, 4) is 23.1 Å². The van der Waals surface area contributed by atoms with Crippen molar-refractivity contribution in [2.45, 2.75) is 6.54 Å². The molecule has 0 radical (unpaired) electrons. The minimum atomic E-state index is -0.958. The Morgan fingerprint density at radius 1 is 1.18 bits per heavy atom. The van der Waals surface area contributed by atoms with E-state index < -0.39 is 22.9 Å². The predicted molar refractivity (Wildman–Crippen MR) is 98.1 cm³/mol. The molecule has 0 atom stereocenters. The number of ether oxygens (including phenoxy) is 2. The number of hydrogen-bond acceptors (Lipinski definition) is 6. The van der Waals surface area contributed by atoms with Crippen molar-refractivity contribution in [1.82, 2.24) is 9.55 Å². The van der Waals surface area contributed by atoms with Crippen molar-refractivity contribution in [3.63, 3.8) is 0 Å². The van der Waals surface area contributed by atoms with Crippen LogP contribution >= 0.6 is 0 Å². The molecule has 2 aromatic carbocycles. The summed E-state index contributed by atoms with van der Waals surface area (Å²) in [6.07, 6.45) is 1.13. The summed E-state index contributed by atoms with van der Waals surface area (Å²) in [5.41, 5.74) is -1.45. The Bertz CT molecular complexity index is 1200. The van der Waals surface area contributed by atoms with E-state index in [4.69, 9.17) is 9.47 Å². The lowest BCUT2D eigenvalue weighted by Crippen LogP contribution is -2.31. The van der Waals surface area contributed by atoms with E-state index in [1.54, 1.807) is 18.2 Å². The van der Waals surface area contributed by atoms with Crippen molar-refractivity contribution in [2.75, 3.05) is 6.79 Å². The van der Waals surface area contributed by atoms with E-state index in [0.29, 0.717) is 16.1 Å².